The van der Waals surface area contributed by atoms with E-state index in [1.54, 1.807) is 11.6 Å². The molecule has 1 aromatic heterocycles. The van der Waals surface area contributed by atoms with Crippen molar-refractivity contribution >= 4 is 9.84 Å². The average Bonchev–Trinajstić information content (AvgIpc) is 2.59. The van der Waals surface area contributed by atoms with E-state index in [9.17, 15) is 8.42 Å². The van der Waals surface area contributed by atoms with Gasteiger partial charge < -0.3 is 5.32 Å². The van der Waals surface area contributed by atoms with Gasteiger partial charge in [0.1, 0.15) is 9.84 Å². The van der Waals surface area contributed by atoms with Crippen molar-refractivity contribution in [3.63, 3.8) is 0 Å². The molecule has 1 N–H and O–H groups in total. The van der Waals surface area contributed by atoms with E-state index in [-0.39, 0.29) is 11.8 Å². The van der Waals surface area contributed by atoms with Crippen LogP contribution in [0.1, 0.15) is 25.7 Å². The number of nitrogens with zero attached hydrogens (tertiary/aromatic N) is 4. The van der Waals surface area contributed by atoms with E-state index in [2.05, 4.69) is 20.8 Å². The number of tetrazole rings is 1. The molecule has 0 saturated heterocycles. The molecule has 0 saturated carbocycles. The molecular weight excluding hydrogens is 230 g/mol. The van der Waals surface area contributed by atoms with Crippen molar-refractivity contribution in [3.8, 4) is 0 Å². The lowest BCUT2D eigenvalue weighted by atomic mass is 10.4. The minimum atomic E-state index is -3.02. The number of hydrogen-bond donors (Lipinski definition) is 1. The molecule has 16 heavy (non-hydrogen) atoms. The van der Waals surface area contributed by atoms with Crippen LogP contribution in [0.2, 0.25) is 0 Å². The summed E-state index contributed by atoms with van der Waals surface area (Å²) in [5.41, 5.74) is 0. The van der Waals surface area contributed by atoms with E-state index < -0.39 is 9.84 Å². The fourth-order valence-electron chi connectivity index (χ4n) is 1.42. The van der Waals surface area contributed by atoms with Gasteiger partial charge in [0.2, 0.25) is 0 Å². The normalized spacial score (nSPS) is 13.9. The molecule has 0 bridgehead atoms. The zero-order valence-electron chi connectivity index (χ0n) is 9.71. The van der Waals surface area contributed by atoms with Crippen LogP contribution >= 0.6 is 0 Å². The molecule has 1 heterocycles. The van der Waals surface area contributed by atoms with Crippen molar-refractivity contribution in [3.05, 3.63) is 5.82 Å². The first-order chi connectivity index (χ1) is 7.44. The molecule has 1 aromatic rings. The molecular formula is C8H17N5O2S. The van der Waals surface area contributed by atoms with Gasteiger partial charge in [-0.25, -0.2) is 13.1 Å². The van der Waals surface area contributed by atoms with Crippen LogP contribution in [-0.4, -0.2) is 47.2 Å². The second-order valence-electron chi connectivity index (χ2n) is 3.76. The lowest BCUT2D eigenvalue weighted by Gasteiger charge is -2.12. The smallest absolute Gasteiger partial charge is 0.165 e. The van der Waals surface area contributed by atoms with E-state index in [1.165, 1.54) is 6.26 Å². The molecule has 92 valence electrons. The summed E-state index contributed by atoms with van der Waals surface area (Å²) in [5, 5.41) is 14.3. The summed E-state index contributed by atoms with van der Waals surface area (Å²) >= 11 is 0. The van der Waals surface area contributed by atoms with Gasteiger partial charge in [-0.1, -0.05) is 6.92 Å². The third kappa shape index (κ3) is 3.86. The summed E-state index contributed by atoms with van der Waals surface area (Å²) in [6, 6.07) is -0.251. The molecule has 7 nitrogen and oxygen atoms in total. The lowest BCUT2D eigenvalue weighted by molar-refractivity contribution is 0.479. The summed E-state index contributed by atoms with van der Waals surface area (Å²) < 4.78 is 23.9. The van der Waals surface area contributed by atoms with Gasteiger partial charge in [-0.15, -0.1) is 5.10 Å². The Morgan fingerprint density at radius 2 is 2.19 bits per heavy atom. The molecule has 0 spiro atoms. The highest BCUT2D eigenvalue weighted by atomic mass is 32.2. The van der Waals surface area contributed by atoms with Gasteiger partial charge in [-0.3, -0.25) is 0 Å². The molecule has 1 unspecified atom stereocenters. The van der Waals surface area contributed by atoms with Crippen LogP contribution in [-0.2, 0) is 16.4 Å². The SMILES string of the molecule is CCNCc1nnnn1C(C)CS(C)(=O)=O. The standard InChI is InChI=1S/C8H17N5O2S/c1-4-9-5-8-10-11-12-13(8)7(2)6-16(3,14)15/h7,9H,4-6H2,1-3H3. The van der Waals surface area contributed by atoms with Gasteiger partial charge in [-0.05, 0) is 23.9 Å². The van der Waals surface area contributed by atoms with Crippen LogP contribution in [0.15, 0.2) is 0 Å². The van der Waals surface area contributed by atoms with Crippen LogP contribution in [0.5, 0.6) is 0 Å². The van der Waals surface area contributed by atoms with Crippen LogP contribution in [0.25, 0.3) is 0 Å². The van der Waals surface area contributed by atoms with E-state index in [0.29, 0.717) is 12.4 Å². The maximum Gasteiger partial charge on any atom is 0.165 e. The molecule has 0 aromatic carbocycles. The van der Waals surface area contributed by atoms with Gasteiger partial charge in [0.25, 0.3) is 0 Å². The maximum absolute atomic E-state index is 11.2. The second-order valence-corrected chi connectivity index (χ2v) is 5.95. The first-order valence-electron chi connectivity index (χ1n) is 5.09. The summed E-state index contributed by atoms with van der Waals surface area (Å²) in [6.07, 6.45) is 1.21. The van der Waals surface area contributed by atoms with Crippen LogP contribution < -0.4 is 5.32 Å². The van der Waals surface area contributed by atoms with Crippen LogP contribution in [0.3, 0.4) is 0 Å². The number of aromatic nitrogens is 4. The Balaban J connectivity index is 2.75. The Hall–Kier alpha value is -1.02. The summed E-state index contributed by atoms with van der Waals surface area (Å²) in [4.78, 5) is 0. The highest BCUT2D eigenvalue weighted by Crippen LogP contribution is 2.08. The molecule has 0 aliphatic rings. The molecule has 1 atom stereocenters. The molecule has 0 aliphatic heterocycles. The van der Waals surface area contributed by atoms with E-state index in [1.807, 2.05) is 6.92 Å². The van der Waals surface area contributed by atoms with E-state index in [4.69, 9.17) is 0 Å². The molecule has 0 fully saturated rings. The Kier molecular flexibility index (Phi) is 4.36. The monoisotopic (exact) mass is 247 g/mol. The second kappa shape index (κ2) is 5.35. The summed E-state index contributed by atoms with van der Waals surface area (Å²) in [5.74, 6) is 0.690. The minimum absolute atomic E-state index is 0.0389. The molecule has 0 radical (unpaired) electrons. The van der Waals surface area contributed by atoms with E-state index in [0.717, 1.165) is 6.54 Å². The van der Waals surface area contributed by atoms with Crippen molar-refractivity contribution in [2.75, 3.05) is 18.6 Å². The zero-order valence-corrected chi connectivity index (χ0v) is 10.5. The van der Waals surface area contributed by atoms with Gasteiger partial charge in [0.05, 0.1) is 18.3 Å². The predicted octanol–water partition coefficient (Wildman–Crippen LogP) is -0.612. The molecule has 8 heteroatoms. The molecule has 0 aliphatic carbocycles. The number of nitrogens with one attached hydrogen (secondary N) is 1. The lowest BCUT2D eigenvalue weighted by Crippen LogP contribution is -2.23. The van der Waals surface area contributed by atoms with Crippen molar-refractivity contribution in [1.82, 2.24) is 25.5 Å². The quantitative estimate of drug-likeness (QED) is 0.721. The van der Waals surface area contributed by atoms with Crippen LogP contribution in [0.4, 0.5) is 0 Å². The first kappa shape index (κ1) is 13.0. The fraction of sp³-hybridized carbons (Fsp3) is 0.875. The van der Waals surface area contributed by atoms with E-state index >= 15 is 0 Å². The van der Waals surface area contributed by atoms with Crippen molar-refractivity contribution in [2.45, 2.75) is 26.4 Å². The third-order valence-corrected chi connectivity index (χ3v) is 3.14. The maximum atomic E-state index is 11.2. The highest BCUT2D eigenvalue weighted by molar-refractivity contribution is 7.90. The number of sulfone groups is 1. The Labute approximate surface area is 95.1 Å². The topological polar surface area (TPSA) is 89.8 Å². The van der Waals surface area contributed by atoms with Gasteiger partial charge in [-0.2, -0.15) is 0 Å². The highest BCUT2D eigenvalue weighted by Gasteiger charge is 2.16. The van der Waals surface area contributed by atoms with Gasteiger partial charge in [0.15, 0.2) is 5.82 Å². The Bertz CT molecular complexity index is 427. The number of rotatable bonds is 6. The average molecular weight is 247 g/mol. The largest absolute Gasteiger partial charge is 0.310 e. The van der Waals surface area contributed by atoms with Gasteiger partial charge >= 0.3 is 0 Å². The van der Waals surface area contributed by atoms with Gasteiger partial charge in [0, 0.05) is 6.26 Å². The minimum Gasteiger partial charge on any atom is -0.310 e. The Morgan fingerprint density at radius 3 is 2.75 bits per heavy atom. The summed E-state index contributed by atoms with van der Waals surface area (Å²) in [7, 11) is -3.02. The number of hydrogen-bond acceptors (Lipinski definition) is 6. The third-order valence-electron chi connectivity index (χ3n) is 2.06. The van der Waals surface area contributed by atoms with Crippen molar-refractivity contribution in [1.29, 1.82) is 0 Å². The molecule has 0 amide bonds. The van der Waals surface area contributed by atoms with Crippen LogP contribution in [0, 0.1) is 0 Å². The Morgan fingerprint density at radius 1 is 1.50 bits per heavy atom. The predicted molar refractivity (Wildman–Crippen MR) is 59.6 cm³/mol. The van der Waals surface area contributed by atoms with Crippen molar-refractivity contribution < 1.29 is 8.42 Å². The summed E-state index contributed by atoms with van der Waals surface area (Å²) in [6.45, 7) is 5.12. The zero-order chi connectivity index (χ0) is 12.2. The van der Waals surface area contributed by atoms with Crippen molar-refractivity contribution in [2.24, 2.45) is 0 Å². The fourth-order valence-corrected chi connectivity index (χ4v) is 2.43. The molecule has 1 rings (SSSR count). The first-order valence-corrected chi connectivity index (χ1v) is 7.15.